The average molecular weight is 705 g/mol. The molecule has 2 aliphatic rings. The lowest BCUT2D eigenvalue weighted by atomic mass is 9.97. The zero-order chi connectivity index (χ0) is 37.2. The molecule has 0 aliphatic carbocycles. The Morgan fingerprint density at radius 2 is 1.74 bits per heavy atom. The van der Waals surface area contributed by atoms with Crippen LogP contribution >= 0.6 is 0 Å². The molecule has 0 aromatic heterocycles. The van der Waals surface area contributed by atoms with Crippen molar-refractivity contribution in [2.75, 3.05) is 6.61 Å². The molecular formula is C35H48N2O13. The first kappa shape index (κ1) is 41.7. The Balaban J connectivity index is 2.27. The van der Waals surface area contributed by atoms with Gasteiger partial charge in [0.15, 0.2) is 12.2 Å². The topological polar surface area (TPSA) is 215 Å². The highest BCUT2D eigenvalue weighted by atomic mass is 16.7. The minimum atomic E-state index is -1.89. The van der Waals surface area contributed by atoms with Crippen LogP contribution in [-0.4, -0.2) is 100 Å². The molecule has 5 amide bonds. The molecule has 0 spiro atoms. The number of fused-ring (bicyclic) bond motifs is 1. The predicted molar refractivity (Wildman–Crippen MR) is 177 cm³/mol. The summed E-state index contributed by atoms with van der Waals surface area (Å²) in [4.78, 5) is 86.6. The molecule has 15 nitrogen and oxygen atoms in total. The van der Waals surface area contributed by atoms with Crippen molar-refractivity contribution in [1.82, 2.24) is 10.2 Å². The Morgan fingerprint density at radius 1 is 1.04 bits per heavy atom. The fourth-order valence-corrected chi connectivity index (χ4v) is 5.01. The molecule has 50 heavy (non-hydrogen) atoms. The third-order valence-electron chi connectivity index (χ3n) is 7.63. The maximum absolute atomic E-state index is 12.9. The number of hydrogen-bond donors (Lipinski definition) is 3. The van der Waals surface area contributed by atoms with Crippen molar-refractivity contribution in [1.29, 1.82) is 0 Å². The lowest BCUT2D eigenvalue weighted by Gasteiger charge is -2.30. The van der Waals surface area contributed by atoms with Crippen LogP contribution in [0.2, 0.25) is 0 Å². The van der Waals surface area contributed by atoms with E-state index in [0.29, 0.717) is 16.9 Å². The number of nitrogens with zero attached hydrogens (tertiary/aromatic N) is 1. The van der Waals surface area contributed by atoms with Crippen LogP contribution in [0.25, 0.3) is 0 Å². The Morgan fingerprint density at radius 3 is 2.42 bits per heavy atom. The monoisotopic (exact) mass is 704 g/mol. The van der Waals surface area contributed by atoms with Gasteiger partial charge in [-0.1, -0.05) is 62.5 Å². The number of cyclic esters (lactones) is 1. The summed E-state index contributed by atoms with van der Waals surface area (Å²) < 4.78 is 21.8. The minimum absolute atomic E-state index is 0.0323. The number of unbranched alkanes of at least 4 members (excludes halogenated alkanes) is 4. The number of ether oxygens (including phenoxy) is 4. The average Bonchev–Trinajstić information content (AvgIpc) is 3.81. The van der Waals surface area contributed by atoms with Crippen molar-refractivity contribution in [2.45, 2.75) is 122 Å². The van der Waals surface area contributed by atoms with E-state index in [-0.39, 0.29) is 31.8 Å². The maximum atomic E-state index is 12.9. The molecule has 15 heteroatoms. The highest BCUT2D eigenvalue weighted by Gasteiger charge is 2.53. The number of allylic oxidation sites excluding steroid dienone is 3. The van der Waals surface area contributed by atoms with Crippen molar-refractivity contribution < 1.29 is 62.7 Å². The first-order valence-corrected chi connectivity index (χ1v) is 16.7. The second kappa shape index (κ2) is 21.6. The molecule has 0 aromatic carbocycles. The van der Waals surface area contributed by atoms with Gasteiger partial charge in [0.05, 0.1) is 12.7 Å². The lowest BCUT2D eigenvalue weighted by Crippen LogP contribution is -2.51. The Hall–Kier alpha value is -4.47. The summed E-state index contributed by atoms with van der Waals surface area (Å²) in [6.45, 7) is 5.86. The van der Waals surface area contributed by atoms with Crippen molar-refractivity contribution in [3.05, 3.63) is 48.1 Å². The van der Waals surface area contributed by atoms with E-state index < -0.39 is 72.3 Å². The zero-order valence-corrected chi connectivity index (χ0v) is 28.9. The number of aliphatic hydroxyl groups excluding tert-OH is 2. The van der Waals surface area contributed by atoms with Gasteiger partial charge in [0.25, 0.3) is 11.8 Å². The third kappa shape index (κ3) is 15.0. The summed E-state index contributed by atoms with van der Waals surface area (Å²) in [6.07, 6.45) is 3.91. The fraction of sp³-hybridized carbons (Fsp3) is 0.571. The highest BCUT2D eigenvalue weighted by Crippen LogP contribution is 2.35. The van der Waals surface area contributed by atoms with Crippen LogP contribution in [0.15, 0.2) is 48.1 Å². The second-order valence-electron chi connectivity index (χ2n) is 12.0. The molecular weight excluding hydrogens is 656 g/mol. The van der Waals surface area contributed by atoms with Crippen molar-refractivity contribution in [2.24, 2.45) is 0 Å². The van der Waals surface area contributed by atoms with Crippen molar-refractivity contribution in [3.8, 4) is 0 Å². The molecule has 6 unspecified atom stereocenters. The van der Waals surface area contributed by atoms with E-state index in [1.165, 1.54) is 12.2 Å². The Labute approximate surface area is 291 Å². The van der Waals surface area contributed by atoms with E-state index in [1.54, 1.807) is 6.92 Å². The van der Waals surface area contributed by atoms with Crippen LogP contribution in [-0.2, 0) is 47.7 Å². The van der Waals surface area contributed by atoms with Gasteiger partial charge in [0, 0.05) is 38.5 Å². The smallest absolute Gasteiger partial charge is 0.414 e. The Bertz CT molecular complexity index is 1350. The van der Waals surface area contributed by atoms with Gasteiger partial charge in [-0.25, -0.2) is 14.5 Å². The number of rotatable bonds is 13. The molecule has 1 fully saturated rings. The molecule has 1 saturated heterocycles. The van der Waals surface area contributed by atoms with Crippen molar-refractivity contribution >= 4 is 41.7 Å². The van der Waals surface area contributed by atoms with Gasteiger partial charge in [0.1, 0.15) is 18.3 Å². The number of imide groups is 4. The molecule has 0 radical (unpaired) electrons. The molecule has 2 heterocycles. The number of alkyl carbamates (subject to hydrolysis) is 1. The lowest BCUT2D eigenvalue weighted by molar-refractivity contribution is -0.166. The first-order chi connectivity index (χ1) is 23.7. The van der Waals surface area contributed by atoms with Gasteiger partial charge < -0.3 is 29.2 Å². The summed E-state index contributed by atoms with van der Waals surface area (Å²) >= 11 is 0. The van der Waals surface area contributed by atoms with Crippen LogP contribution in [0.1, 0.15) is 85.5 Å². The van der Waals surface area contributed by atoms with Gasteiger partial charge in [0.2, 0.25) is 11.8 Å². The number of esters is 2. The van der Waals surface area contributed by atoms with Crippen molar-refractivity contribution in [3.63, 3.8) is 0 Å². The third-order valence-corrected chi connectivity index (χ3v) is 7.63. The second-order valence-corrected chi connectivity index (χ2v) is 12.0. The van der Waals surface area contributed by atoms with Gasteiger partial charge >= 0.3 is 18.0 Å². The number of carbonyl (C=O) groups excluding carboxylic acids is 7. The van der Waals surface area contributed by atoms with Gasteiger partial charge in [-0.2, -0.15) is 0 Å². The minimum Gasteiger partial charge on any atom is -0.465 e. The van der Waals surface area contributed by atoms with E-state index >= 15 is 0 Å². The Kier molecular flexibility index (Phi) is 18.0. The van der Waals surface area contributed by atoms with Crippen LogP contribution in [0.5, 0.6) is 0 Å². The zero-order valence-electron chi connectivity index (χ0n) is 28.9. The normalized spacial score (nSPS) is 22.9. The van der Waals surface area contributed by atoms with Crippen LogP contribution in [0.3, 0.4) is 0 Å². The van der Waals surface area contributed by atoms with Crippen LogP contribution in [0.4, 0.5) is 4.79 Å². The molecule has 276 valence electrons. The molecule has 0 bridgehead atoms. The summed E-state index contributed by atoms with van der Waals surface area (Å²) in [6, 6.07) is 0. The van der Waals surface area contributed by atoms with E-state index in [9.17, 15) is 43.8 Å². The predicted octanol–water partition coefficient (Wildman–Crippen LogP) is 2.63. The number of nitrogens with one attached hydrogen (secondary N) is 1. The number of aliphatic hydroxyl groups is 2. The molecule has 6 atom stereocenters. The van der Waals surface area contributed by atoms with E-state index in [4.69, 9.17) is 18.9 Å². The largest absolute Gasteiger partial charge is 0.465 e. The summed E-state index contributed by atoms with van der Waals surface area (Å²) in [7, 11) is 0. The summed E-state index contributed by atoms with van der Waals surface area (Å²) in [5.74, 6) is -4.83. The van der Waals surface area contributed by atoms with E-state index in [2.05, 4.69) is 6.92 Å². The quantitative estimate of drug-likeness (QED) is 0.0629. The van der Waals surface area contributed by atoms with E-state index in [1.807, 2.05) is 5.32 Å². The fourth-order valence-electron chi connectivity index (χ4n) is 5.01. The van der Waals surface area contributed by atoms with Gasteiger partial charge in [-0.15, -0.1) is 0 Å². The SMILES string of the molecule is CCCCCCCC(=O)OCCC=CC(O)C(O)C1OC(=O)C=CC=CC(=O)N(C(C)=O)C(=O)C=C(C)CCC2OC2C1OC(=O)NC(C)=O. The number of amides is 5. The number of carbonyl (C=O) groups is 7. The first-order valence-electron chi connectivity index (χ1n) is 16.7. The van der Waals surface area contributed by atoms with Crippen LogP contribution in [0, 0.1) is 0 Å². The maximum Gasteiger partial charge on any atom is 0.414 e. The number of epoxide rings is 1. The van der Waals surface area contributed by atoms with Gasteiger partial charge in [-0.3, -0.25) is 29.3 Å². The molecule has 2 aliphatic heterocycles. The molecule has 3 N–H and O–H groups in total. The summed E-state index contributed by atoms with van der Waals surface area (Å²) in [5.41, 5.74) is 0.490. The summed E-state index contributed by atoms with van der Waals surface area (Å²) in [5, 5.41) is 24.0. The molecule has 0 saturated carbocycles. The van der Waals surface area contributed by atoms with Gasteiger partial charge in [-0.05, 0) is 32.6 Å². The highest BCUT2D eigenvalue weighted by molar-refractivity contribution is 6.16. The molecule has 0 aromatic rings. The molecule has 2 rings (SSSR count). The number of hydrogen-bond acceptors (Lipinski definition) is 13. The van der Waals surface area contributed by atoms with Crippen LogP contribution < -0.4 is 5.32 Å². The van der Waals surface area contributed by atoms with E-state index in [0.717, 1.165) is 76.3 Å². The standard InChI is InChI=1S/C35H48N2O13/c1-5-6-7-8-9-16-29(43)47-20-13-12-14-25(40)31(45)33-34(50-35(46)36-23(3)38)32-26(48-32)19-18-22(2)21-28(42)37(24(4)39)27(41)15-10-11-17-30(44)49-33/h10-12,14-15,17,21,25-26,31-34,40,45H,5-9,13,16,18-20H2,1-4H3,(H,36,38,46).